The average molecular weight is 383 g/mol. The number of amides is 1. The van der Waals surface area contributed by atoms with Gasteiger partial charge in [-0.15, -0.1) is 0 Å². The van der Waals surface area contributed by atoms with E-state index >= 15 is 0 Å². The number of benzene rings is 2. The van der Waals surface area contributed by atoms with Crippen molar-refractivity contribution in [3.8, 4) is 11.1 Å². The number of nitrogens with zero attached hydrogens (tertiary/aromatic N) is 1. The number of aryl methyl sites for hydroxylation is 1. The van der Waals surface area contributed by atoms with Crippen molar-refractivity contribution in [2.45, 2.75) is 33.2 Å². The van der Waals surface area contributed by atoms with Gasteiger partial charge >= 0.3 is 0 Å². The smallest absolute Gasteiger partial charge is 0.246 e. The molecule has 0 spiro atoms. The molecule has 2 radical (unpaired) electrons. The summed E-state index contributed by atoms with van der Waals surface area (Å²) in [6.07, 6.45) is 2.51. The molecular formula is C24H26BN3O. The fraction of sp³-hybridized carbons (Fsp3) is 0.250. The number of pyridine rings is 1. The molecule has 146 valence electrons. The van der Waals surface area contributed by atoms with Crippen molar-refractivity contribution < 1.29 is 4.79 Å². The van der Waals surface area contributed by atoms with E-state index < -0.39 is 0 Å². The molecule has 1 aromatic heterocycles. The monoisotopic (exact) mass is 383 g/mol. The SMILES string of the molecule is [B]c1ccccc1NC(CC(C)C)C(=O)Nc1ccc(-c2ccnc(C)c2)cc1. The van der Waals surface area contributed by atoms with Gasteiger partial charge in [-0.3, -0.25) is 9.78 Å². The van der Waals surface area contributed by atoms with Crippen molar-refractivity contribution in [2.24, 2.45) is 5.92 Å². The van der Waals surface area contributed by atoms with Crippen LogP contribution >= 0.6 is 0 Å². The summed E-state index contributed by atoms with van der Waals surface area (Å²) in [7, 11) is 6.04. The molecule has 1 atom stereocenters. The van der Waals surface area contributed by atoms with Gasteiger partial charge in [-0.1, -0.05) is 49.6 Å². The lowest BCUT2D eigenvalue weighted by Gasteiger charge is -2.22. The molecule has 29 heavy (non-hydrogen) atoms. The summed E-state index contributed by atoms with van der Waals surface area (Å²) in [5.74, 6) is 0.287. The van der Waals surface area contributed by atoms with Gasteiger partial charge < -0.3 is 10.6 Å². The van der Waals surface area contributed by atoms with Crippen LogP contribution in [0.3, 0.4) is 0 Å². The number of hydrogen-bond donors (Lipinski definition) is 2. The van der Waals surface area contributed by atoms with E-state index in [2.05, 4.69) is 29.5 Å². The molecule has 1 amide bonds. The van der Waals surface area contributed by atoms with Crippen LogP contribution in [0, 0.1) is 12.8 Å². The topological polar surface area (TPSA) is 54.0 Å². The van der Waals surface area contributed by atoms with Crippen molar-refractivity contribution in [2.75, 3.05) is 10.6 Å². The van der Waals surface area contributed by atoms with Crippen LogP contribution in [0.25, 0.3) is 11.1 Å². The Balaban J connectivity index is 1.72. The maximum absolute atomic E-state index is 12.9. The van der Waals surface area contributed by atoms with Crippen molar-refractivity contribution in [3.05, 3.63) is 72.6 Å². The first-order chi connectivity index (χ1) is 13.9. The molecule has 3 rings (SSSR count). The number of carbonyl (C=O) groups excluding carboxylic acids is 1. The third kappa shape index (κ3) is 5.70. The Morgan fingerprint density at radius 3 is 2.41 bits per heavy atom. The van der Waals surface area contributed by atoms with Crippen LogP contribution < -0.4 is 16.1 Å². The second-order valence-electron chi connectivity index (χ2n) is 7.67. The zero-order valence-corrected chi connectivity index (χ0v) is 17.1. The Bertz CT molecular complexity index is 970. The minimum Gasteiger partial charge on any atom is -0.374 e. The van der Waals surface area contributed by atoms with E-state index in [1.807, 2.05) is 67.6 Å². The maximum Gasteiger partial charge on any atom is 0.246 e. The number of aromatic nitrogens is 1. The molecule has 0 bridgehead atoms. The highest BCUT2D eigenvalue weighted by Crippen LogP contribution is 2.22. The van der Waals surface area contributed by atoms with E-state index in [0.717, 1.165) is 28.2 Å². The van der Waals surface area contributed by atoms with Gasteiger partial charge in [0.2, 0.25) is 5.91 Å². The van der Waals surface area contributed by atoms with Gasteiger partial charge in [0.15, 0.2) is 0 Å². The summed E-state index contributed by atoms with van der Waals surface area (Å²) < 4.78 is 0. The second kappa shape index (κ2) is 9.42. The second-order valence-corrected chi connectivity index (χ2v) is 7.67. The standard InChI is InChI=1S/C24H26BN3O/c1-16(2)14-23(28-22-7-5-4-6-21(22)25)24(29)27-20-10-8-18(9-11-20)19-12-13-26-17(3)15-19/h4-13,15-16,23,28H,14H2,1-3H3,(H,27,29). The molecule has 4 nitrogen and oxygen atoms in total. The molecule has 0 aliphatic heterocycles. The third-order valence-corrected chi connectivity index (χ3v) is 4.70. The Labute approximate surface area is 174 Å². The van der Waals surface area contributed by atoms with Crippen LogP contribution in [-0.2, 0) is 4.79 Å². The van der Waals surface area contributed by atoms with E-state index in [1.54, 1.807) is 6.20 Å². The van der Waals surface area contributed by atoms with Crippen molar-refractivity contribution in [1.29, 1.82) is 0 Å². The summed E-state index contributed by atoms with van der Waals surface area (Å²) in [4.78, 5) is 17.2. The van der Waals surface area contributed by atoms with Crippen molar-refractivity contribution in [3.63, 3.8) is 0 Å². The quantitative estimate of drug-likeness (QED) is 0.598. The first-order valence-corrected chi connectivity index (χ1v) is 9.87. The molecular weight excluding hydrogens is 357 g/mol. The van der Waals surface area contributed by atoms with Crippen molar-refractivity contribution in [1.82, 2.24) is 4.98 Å². The highest BCUT2D eigenvalue weighted by molar-refractivity contribution is 6.35. The Morgan fingerprint density at radius 2 is 1.76 bits per heavy atom. The van der Waals surface area contributed by atoms with Crippen LogP contribution in [0.15, 0.2) is 66.9 Å². The zero-order valence-electron chi connectivity index (χ0n) is 17.1. The normalized spacial score (nSPS) is 11.9. The first kappa shape index (κ1) is 20.7. The molecule has 2 N–H and O–H groups in total. The molecule has 0 aliphatic rings. The van der Waals surface area contributed by atoms with Gasteiger partial charge in [0, 0.05) is 23.3 Å². The van der Waals surface area contributed by atoms with E-state index in [-0.39, 0.29) is 11.9 Å². The molecule has 0 fully saturated rings. The van der Waals surface area contributed by atoms with Crippen LogP contribution in [-0.4, -0.2) is 24.8 Å². The molecule has 3 aromatic rings. The number of anilines is 2. The molecule has 1 unspecified atom stereocenters. The van der Waals surface area contributed by atoms with Gasteiger partial charge in [0.25, 0.3) is 0 Å². The number of carbonyl (C=O) groups is 1. The zero-order chi connectivity index (χ0) is 20.8. The highest BCUT2D eigenvalue weighted by atomic mass is 16.2. The van der Waals surface area contributed by atoms with E-state index in [4.69, 9.17) is 7.85 Å². The van der Waals surface area contributed by atoms with Crippen molar-refractivity contribution >= 4 is 30.6 Å². The highest BCUT2D eigenvalue weighted by Gasteiger charge is 2.20. The molecule has 0 saturated carbocycles. The summed E-state index contributed by atoms with van der Waals surface area (Å²) in [5, 5.41) is 6.32. The van der Waals surface area contributed by atoms with E-state index in [1.165, 1.54) is 0 Å². The van der Waals surface area contributed by atoms with Crippen LogP contribution in [0.4, 0.5) is 11.4 Å². The number of hydrogen-bond acceptors (Lipinski definition) is 3. The number of rotatable bonds is 7. The average Bonchev–Trinajstić information content (AvgIpc) is 2.69. The van der Waals surface area contributed by atoms with Gasteiger partial charge in [-0.25, -0.2) is 0 Å². The Morgan fingerprint density at radius 1 is 1.03 bits per heavy atom. The van der Waals surface area contributed by atoms with Gasteiger partial charge in [-0.05, 0) is 60.7 Å². The molecule has 2 aromatic carbocycles. The summed E-state index contributed by atoms with van der Waals surface area (Å²) in [5.41, 5.74) is 5.34. The Hall–Kier alpha value is -3.08. The van der Waals surface area contributed by atoms with E-state index in [9.17, 15) is 4.79 Å². The number of para-hydroxylation sites is 1. The summed E-state index contributed by atoms with van der Waals surface area (Å²) >= 11 is 0. The van der Waals surface area contributed by atoms with Gasteiger partial charge in [0.05, 0.1) is 0 Å². The summed E-state index contributed by atoms with van der Waals surface area (Å²) in [6, 6.07) is 19.0. The molecule has 0 aliphatic carbocycles. The van der Waals surface area contributed by atoms with Crippen LogP contribution in [0.5, 0.6) is 0 Å². The molecule has 0 saturated heterocycles. The van der Waals surface area contributed by atoms with E-state index in [0.29, 0.717) is 17.8 Å². The maximum atomic E-state index is 12.9. The van der Waals surface area contributed by atoms with Gasteiger partial charge in [-0.2, -0.15) is 0 Å². The lowest BCUT2D eigenvalue weighted by Crippen LogP contribution is -2.37. The first-order valence-electron chi connectivity index (χ1n) is 9.87. The van der Waals surface area contributed by atoms with Gasteiger partial charge in [0.1, 0.15) is 13.9 Å². The summed E-state index contributed by atoms with van der Waals surface area (Å²) in [6.45, 7) is 6.17. The van der Waals surface area contributed by atoms with Crippen LogP contribution in [0.2, 0.25) is 0 Å². The lowest BCUT2D eigenvalue weighted by atomic mass is 9.93. The largest absolute Gasteiger partial charge is 0.374 e. The minimum atomic E-state index is -0.373. The lowest BCUT2D eigenvalue weighted by molar-refractivity contribution is -0.117. The minimum absolute atomic E-state index is 0.0746. The fourth-order valence-electron chi connectivity index (χ4n) is 3.22. The molecule has 1 heterocycles. The molecule has 5 heteroatoms. The number of nitrogens with one attached hydrogen (secondary N) is 2. The van der Waals surface area contributed by atoms with Crippen LogP contribution in [0.1, 0.15) is 26.0 Å². The predicted molar refractivity (Wildman–Crippen MR) is 122 cm³/mol. The predicted octanol–water partition coefficient (Wildman–Crippen LogP) is 4.32. The fourth-order valence-corrected chi connectivity index (χ4v) is 3.22. The Kier molecular flexibility index (Phi) is 6.71. The third-order valence-electron chi connectivity index (χ3n) is 4.70.